The summed E-state index contributed by atoms with van der Waals surface area (Å²) >= 11 is 0. The van der Waals surface area contributed by atoms with Crippen LogP contribution in [0.1, 0.15) is 77.2 Å². The Morgan fingerprint density at radius 2 is 1.57 bits per heavy atom. The third-order valence-corrected chi connectivity index (χ3v) is 6.20. The highest BCUT2D eigenvalue weighted by molar-refractivity contribution is 5.60. The van der Waals surface area contributed by atoms with Crippen molar-refractivity contribution in [2.24, 2.45) is 11.8 Å². The van der Waals surface area contributed by atoms with Gasteiger partial charge in [-0.25, -0.2) is 0 Å². The maximum atomic E-state index is 5.98. The van der Waals surface area contributed by atoms with E-state index < -0.39 is 0 Å². The zero-order chi connectivity index (χ0) is 19.6. The molecular formula is C26H37NO. The van der Waals surface area contributed by atoms with Gasteiger partial charge in [0.05, 0.1) is 12.3 Å². The van der Waals surface area contributed by atoms with Crippen LogP contribution in [0.2, 0.25) is 0 Å². The molecule has 0 spiro atoms. The number of benzene rings is 1. The van der Waals surface area contributed by atoms with E-state index in [1.807, 2.05) is 6.20 Å². The van der Waals surface area contributed by atoms with Gasteiger partial charge in [0.15, 0.2) is 0 Å². The molecule has 1 aliphatic rings. The number of hydrogen-bond acceptors (Lipinski definition) is 2. The number of ether oxygens (including phenoxy) is 1. The van der Waals surface area contributed by atoms with Gasteiger partial charge in [-0.3, -0.25) is 4.98 Å². The van der Waals surface area contributed by atoms with E-state index in [0.717, 1.165) is 48.3 Å². The van der Waals surface area contributed by atoms with E-state index in [-0.39, 0.29) is 0 Å². The average molecular weight is 380 g/mol. The lowest BCUT2D eigenvalue weighted by Gasteiger charge is -2.28. The molecule has 0 N–H and O–H groups in total. The molecule has 3 rings (SSSR count). The smallest absolute Gasteiger partial charge is 0.119 e. The van der Waals surface area contributed by atoms with Crippen LogP contribution in [0.15, 0.2) is 42.6 Å². The molecule has 0 aliphatic heterocycles. The molecule has 1 aliphatic carbocycles. The fourth-order valence-corrected chi connectivity index (χ4v) is 4.53. The number of nitrogens with zero attached hydrogens (tertiary/aromatic N) is 1. The highest BCUT2D eigenvalue weighted by Crippen LogP contribution is 2.33. The summed E-state index contributed by atoms with van der Waals surface area (Å²) in [7, 11) is 0. The summed E-state index contributed by atoms with van der Waals surface area (Å²) in [5, 5.41) is 0. The molecule has 0 atom stereocenters. The van der Waals surface area contributed by atoms with Crippen LogP contribution in [-0.2, 0) is 6.42 Å². The van der Waals surface area contributed by atoms with Crippen molar-refractivity contribution in [2.45, 2.75) is 78.1 Å². The maximum absolute atomic E-state index is 5.98. The molecule has 0 amide bonds. The first-order chi connectivity index (χ1) is 13.8. The molecule has 1 aromatic carbocycles. The van der Waals surface area contributed by atoms with Crippen molar-refractivity contribution in [1.82, 2.24) is 4.98 Å². The molecule has 0 radical (unpaired) electrons. The van der Waals surface area contributed by atoms with Crippen molar-refractivity contribution in [3.63, 3.8) is 0 Å². The van der Waals surface area contributed by atoms with Crippen molar-refractivity contribution >= 4 is 0 Å². The minimum atomic E-state index is 0.832. The predicted octanol–water partition coefficient (Wildman–Crippen LogP) is 7.47. The Morgan fingerprint density at radius 1 is 0.857 bits per heavy atom. The molecule has 0 saturated heterocycles. The van der Waals surface area contributed by atoms with Gasteiger partial charge in [0.2, 0.25) is 0 Å². The Bertz CT molecular complexity index is 669. The zero-order valence-corrected chi connectivity index (χ0v) is 17.8. The number of rotatable bonds is 10. The fourth-order valence-electron chi connectivity index (χ4n) is 4.53. The molecule has 1 heterocycles. The van der Waals surface area contributed by atoms with Crippen molar-refractivity contribution in [2.75, 3.05) is 6.61 Å². The van der Waals surface area contributed by atoms with Crippen molar-refractivity contribution in [3.05, 3.63) is 48.2 Å². The predicted molar refractivity (Wildman–Crippen MR) is 119 cm³/mol. The van der Waals surface area contributed by atoms with Gasteiger partial charge in [-0.1, -0.05) is 64.9 Å². The molecule has 0 bridgehead atoms. The summed E-state index contributed by atoms with van der Waals surface area (Å²) in [5.74, 6) is 2.91. The Morgan fingerprint density at radius 3 is 2.18 bits per heavy atom. The second-order valence-electron chi connectivity index (χ2n) is 8.49. The topological polar surface area (TPSA) is 22.1 Å². The van der Waals surface area contributed by atoms with Gasteiger partial charge in [0.1, 0.15) is 5.75 Å². The highest BCUT2D eigenvalue weighted by Gasteiger charge is 2.20. The average Bonchev–Trinajstić information content (AvgIpc) is 2.74. The van der Waals surface area contributed by atoms with E-state index in [2.05, 4.69) is 55.2 Å². The van der Waals surface area contributed by atoms with Gasteiger partial charge in [-0.2, -0.15) is 0 Å². The molecule has 1 saturated carbocycles. The summed E-state index contributed by atoms with van der Waals surface area (Å²) in [6.45, 7) is 5.35. The van der Waals surface area contributed by atoms with Crippen LogP contribution >= 0.6 is 0 Å². The largest absolute Gasteiger partial charge is 0.494 e. The second-order valence-corrected chi connectivity index (χ2v) is 8.49. The number of pyridine rings is 1. The van der Waals surface area contributed by atoms with Gasteiger partial charge in [-0.05, 0) is 67.0 Å². The molecule has 0 unspecified atom stereocenters. The van der Waals surface area contributed by atoms with Gasteiger partial charge in [0, 0.05) is 11.8 Å². The van der Waals surface area contributed by atoms with E-state index in [1.165, 1.54) is 56.9 Å². The Labute approximate surface area is 171 Å². The minimum absolute atomic E-state index is 0.832. The summed E-state index contributed by atoms with van der Waals surface area (Å²) < 4.78 is 5.98. The standard InChI is InChI=1S/C26H37NO/c1-3-6-21-9-11-22(12-10-21)8-5-19-28-25-16-14-24(15-17-25)26-18-13-23(7-4-2)20-27-26/h13-18,20-22H,3-12,19H2,1-2H3. The molecule has 1 aromatic heterocycles. The quantitative estimate of drug-likeness (QED) is 0.399. The van der Waals surface area contributed by atoms with Gasteiger partial charge >= 0.3 is 0 Å². The van der Waals surface area contributed by atoms with Crippen LogP contribution in [-0.4, -0.2) is 11.6 Å². The van der Waals surface area contributed by atoms with Crippen LogP contribution in [0.3, 0.4) is 0 Å². The highest BCUT2D eigenvalue weighted by atomic mass is 16.5. The van der Waals surface area contributed by atoms with Gasteiger partial charge in [0.25, 0.3) is 0 Å². The minimum Gasteiger partial charge on any atom is -0.494 e. The number of aromatic nitrogens is 1. The SMILES string of the molecule is CCCc1ccc(-c2ccc(OCCCC3CCC(CCC)CC3)cc2)nc1. The molecule has 2 aromatic rings. The van der Waals surface area contributed by atoms with Crippen LogP contribution in [0.25, 0.3) is 11.3 Å². The third-order valence-electron chi connectivity index (χ3n) is 6.20. The summed E-state index contributed by atoms with van der Waals surface area (Å²) in [4.78, 5) is 4.60. The zero-order valence-electron chi connectivity index (χ0n) is 17.8. The van der Waals surface area contributed by atoms with Gasteiger partial charge in [-0.15, -0.1) is 0 Å². The number of aryl methyl sites for hydroxylation is 1. The Hall–Kier alpha value is -1.83. The van der Waals surface area contributed by atoms with Gasteiger partial charge < -0.3 is 4.74 Å². The molecular weight excluding hydrogens is 342 g/mol. The molecule has 1 fully saturated rings. The lowest BCUT2D eigenvalue weighted by Crippen LogP contribution is -2.15. The van der Waals surface area contributed by atoms with Crippen molar-refractivity contribution in [1.29, 1.82) is 0 Å². The fraction of sp³-hybridized carbons (Fsp3) is 0.577. The van der Waals surface area contributed by atoms with Crippen molar-refractivity contribution in [3.8, 4) is 17.0 Å². The monoisotopic (exact) mass is 379 g/mol. The lowest BCUT2D eigenvalue weighted by molar-refractivity contribution is 0.230. The molecule has 2 nitrogen and oxygen atoms in total. The number of hydrogen-bond donors (Lipinski definition) is 0. The van der Waals surface area contributed by atoms with E-state index in [4.69, 9.17) is 4.74 Å². The van der Waals surface area contributed by atoms with Crippen LogP contribution in [0, 0.1) is 11.8 Å². The lowest BCUT2D eigenvalue weighted by atomic mass is 9.78. The first-order valence-electron chi connectivity index (χ1n) is 11.5. The normalized spacial score (nSPS) is 19.5. The van der Waals surface area contributed by atoms with Crippen LogP contribution in [0.4, 0.5) is 0 Å². The molecule has 28 heavy (non-hydrogen) atoms. The second kappa shape index (κ2) is 11.2. The van der Waals surface area contributed by atoms with Crippen molar-refractivity contribution < 1.29 is 4.74 Å². The maximum Gasteiger partial charge on any atom is 0.119 e. The Balaban J connectivity index is 1.38. The summed E-state index contributed by atoms with van der Waals surface area (Å²) in [6.07, 6.45) is 15.3. The van der Waals surface area contributed by atoms with E-state index in [0.29, 0.717) is 0 Å². The molecule has 2 heteroatoms. The third kappa shape index (κ3) is 6.36. The van der Waals surface area contributed by atoms with E-state index in [1.54, 1.807) is 0 Å². The first-order valence-corrected chi connectivity index (χ1v) is 11.5. The van der Waals surface area contributed by atoms with E-state index >= 15 is 0 Å². The summed E-state index contributed by atoms with van der Waals surface area (Å²) in [6, 6.07) is 12.7. The molecule has 152 valence electrons. The van der Waals surface area contributed by atoms with E-state index in [9.17, 15) is 0 Å². The first kappa shape index (κ1) is 20.9. The van der Waals surface area contributed by atoms with Crippen LogP contribution in [0.5, 0.6) is 5.75 Å². The summed E-state index contributed by atoms with van der Waals surface area (Å²) in [5.41, 5.74) is 3.49. The van der Waals surface area contributed by atoms with Crippen LogP contribution < -0.4 is 4.74 Å². The Kier molecular flexibility index (Phi) is 8.39.